The molecule has 0 radical (unpaired) electrons. The molecule has 0 aliphatic rings. The summed E-state index contributed by atoms with van der Waals surface area (Å²) in [5.41, 5.74) is 0.875. The van der Waals surface area contributed by atoms with Gasteiger partial charge in [-0.2, -0.15) is 4.98 Å². The maximum atomic E-state index is 10.9. The Morgan fingerprint density at radius 2 is 2.28 bits per heavy atom. The van der Waals surface area contributed by atoms with E-state index in [0.717, 1.165) is 0 Å². The van der Waals surface area contributed by atoms with E-state index < -0.39 is 5.97 Å². The first-order chi connectivity index (χ1) is 8.54. The lowest BCUT2D eigenvalue weighted by Crippen LogP contribution is -2.03. The SMILES string of the molecule is Cc1nc(CNc2cc(Br)cc(C(=O)O)c2)no1. The molecule has 0 fully saturated rings. The van der Waals surface area contributed by atoms with E-state index in [4.69, 9.17) is 9.63 Å². The Bertz CT molecular complexity index is 583. The Morgan fingerprint density at radius 1 is 1.50 bits per heavy atom. The summed E-state index contributed by atoms with van der Waals surface area (Å²) in [4.78, 5) is 14.9. The Labute approximate surface area is 111 Å². The number of hydrogen-bond donors (Lipinski definition) is 2. The number of nitrogens with zero attached hydrogens (tertiary/aromatic N) is 2. The van der Waals surface area contributed by atoms with Gasteiger partial charge in [-0.05, 0) is 18.2 Å². The molecule has 0 amide bonds. The molecule has 0 bridgehead atoms. The van der Waals surface area contributed by atoms with Crippen molar-refractivity contribution in [2.45, 2.75) is 13.5 Å². The van der Waals surface area contributed by atoms with Crippen LogP contribution in [0, 0.1) is 6.92 Å². The summed E-state index contributed by atoms with van der Waals surface area (Å²) in [6, 6.07) is 4.85. The van der Waals surface area contributed by atoms with Crippen molar-refractivity contribution in [2.75, 3.05) is 5.32 Å². The van der Waals surface area contributed by atoms with Crippen molar-refractivity contribution in [2.24, 2.45) is 0 Å². The average Bonchev–Trinajstić information content (AvgIpc) is 2.72. The number of benzene rings is 1. The molecule has 2 aromatic rings. The number of halogens is 1. The van der Waals surface area contributed by atoms with E-state index in [1.54, 1.807) is 19.1 Å². The molecule has 94 valence electrons. The standard InChI is InChI=1S/C11H10BrN3O3/c1-6-14-10(15-18-6)5-13-9-3-7(11(16)17)2-8(12)4-9/h2-4,13H,5H2,1H3,(H,16,17). The minimum atomic E-state index is -0.977. The molecule has 1 aromatic heterocycles. The maximum absolute atomic E-state index is 10.9. The topological polar surface area (TPSA) is 88.2 Å². The largest absolute Gasteiger partial charge is 0.478 e. The van der Waals surface area contributed by atoms with Gasteiger partial charge in [0.1, 0.15) is 0 Å². The first-order valence-electron chi connectivity index (χ1n) is 5.11. The number of carboxylic acid groups (broad SMARTS) is 1. The Morgan fingerprint density at radius 3 is 2.89 bits per heavy atom. The molecule has 0 unspecified atom stereocenters. The van der Waals surface area contributed by atoms with Gasteiger partial charge < -0.3 is 14.9 Å². The fraction of sp³-hybridized carbons (Fsp3) is 0.182. The van der Waals surface area contributed by atoms with Crippen LogP contribution >= 0.6 is 15.9 Å². The minimum Gasteiger partial charge on any atom is -0.478 e. The van der Waals surface area contributed by atoms with E-state index in [2.05, 4.69) is 31.4 Å². The first-order valence-corrected chi connectivity index (χ1v) is 5.91. The number of carboxylic acids is 1. The van der Waals surface area contributed by atoms with Gasteiger partial charge in [0, 0.05) is 17.1 Å². The summed E-state index contributed by atoms with van der Waals surface area (Å²) in [5, 5.41) is 15.7. The third-order valence-electron chi connectivity index (χ3n) is 2.16. The van der Waals surface area contributed by atoms with E-state index in [9.17, 15) is 4.79 Å². The van der Waals surface area contributed by atoms with Crippen molar-refractivity contribution in [1.29, 1.82) is 0 Å². The van der Waals surface area contributed by atoms with Crippen LogP contribution in [0.25, 0.3) is 0 Å². The molecule has 0 aliphatic carbocycles. The third kappa shape index (κ3) is 3.07. The molecule has 0 aliphatic heterocycles. The lowest BCUT2D eigenvalue weighted by atomic mass is 10.2. The number of rotatable bonds is 4. The van der Waals surface area contributed by atoms with E-state index in [0.29, 0.717) is 28.4 Å². The van der Waals surface area contributed by atoms with Crippen molar-refractivity contribution < 1.29 is 14.4 Å². The van der Waals surface area contributed by atoms with Gasteiger partial charge in [0.2, 0.25) is 5.89 Å². The number of hydrogen-bond acceptors (Lipinski definition) is 5. The zero-order chi connectivity index (χ0) is 13.1. The lowest BCUT2D eigenvalue weighted by Gasteiger charge is -2.05. The van der Waals surface area contributed by atoms with E-state index in [1.165, 1.54) is 6.07 Å². The summed E-state index contributed by atoms with van der Waals surface area (Å²) >= 11 is 3.26. The third-order valence-corrected chi connectivity index (χ3v) is 2.62. The minimum absolute atomic E-state index is 0.205. The number of aryl methyl sites for hydroxylation is 1. The zero-order valence-electron chi connectivity index (χ0n) is 9.48. The number of aromatic carboxylic acids is 1. The second-order valence-electron chi connectivity index (χ2n) is 3.62. The van der Waals surface area contributed by atoms with Crippen LogP contribution in [0.3, 0.4) is 0 Å². The highest BCUT2D eigenvalue weighted by molar-refractivity contribution is 9.10. The molecule has 0 spiro atoms. The van der Waals surface area contributed by atoms with E-state index in [1.807, 2.05) is 0 Å². The van der Waals surface area contributed by atoms with Crippen LogP contribution in [0.1, 0.15) is 22.1 Å². The number of anilines is 1. The molecule has 1 heterocycles. The molecular weight excluding hydrogens is 302 g/mol. The van der Waals surface area contributed by atoms with Crippen molar-refractivity contribution in [3.05, 3.63) is 40.0 Å². The van der Waals surface area contributed by atoms with Gasteiger partial charge in [-0.3, -0.25) is 0 Å². The normalized spacial score (nSPS) is 10.3. The van der Waals surface area contributed by atoms with Gasteiger partial charge in [0.25, 0.3) is 0 Å². The van der Waals surface area contributed by atoms with Crippen molar-refractivity contribution in [3.8, 4) is 0 Å². The summed E-state index contributed by atoms with van der Waals surface area (Å²) in [5.74, 6) is 0.0337. The van der Waals surface area contributed by atoms with Crippen molar-refractivity contribution in [1.82, 2.24) is 10.1 Å². The molecule has 1 aromatic carbocycles. The molecule has 0 atom stereocenters. The zero-order valence-corrected chi connectivity index (χ0v) is 11.1. The maximum Gasteiger partial charge on any atom is 0.335 e. The Balaban J connectivity index is 2.11. The van der Waals surface area contributed by atoms with Gasteiger partial charge in [-0.1, -0.05) is 21.1 Å². The summed E-state index contributed by atoms with van der Waals surface area (Å²) < 4.78 is 5.52. The molecule has 6 nitrogen and oxygen atoms in total. The molecule has 2 rings (SSSR count). The highest BCUT2D eigenvalue weighted by Gasteiger charge is 2.07. The predicted molar refractivity (Wildman–Crippen MR) is 67.5 cm³/mol. The van der Waals surface area contributed by atoms with Crippen LogP contribution in [0.2, 0.25) is 0 Å². The van der Waals surface area contributed by atoms with Crippen molar-refractivity contribution >= 4 is 27.6 Å². The quantitative estimate of drug-likeness (QED) is 0.901. The van der Waals surface area contributed by atoms with Gasteiger partial charge in [0.05, 0.1) is 12.1 Å². The van der Waals surface area contributed by atoms with Crippen LogP contribution in [0.15, 0.2) is 27.2 Å². The fourth-order valence-corrected chi connectivity index (χ4v) is 1.90. The highest BCUT2D eigenvalue weighted by atomic mass is 79.9. The Kier molecular flexibility index (Phi) is 3.61. The highest BCUT2D eigenvalue weighted by Crippen LogP contribution is 2.20. The average molecular weight is 312 g/mol. The summed E-state index contributed by atoms with van der Waals surface area (Å²) in [6.45, 7) is 2.07. The van der Waals surface area contributed by atoms with Crippen LogP contribution in [-0.2, 0) is 6.54 Å². The smallest absolute Gasteiger partial charge is 0.335 e. The van der Waals surface area contributed by atoms with Gasteiger partial charge >= 0.3 is 5.97 Å². The molecule has 18 heavy (non-hydrogen) atoms. The Hall–Kier alpha value is -1.89. The van der Waals surface area contributed by atoms with Crippen molar-refractivity contribution in [3.63, 3.8) is 0 Å². The first kappa shape index (κ1) is 12.6. The van der Waals surface area contributed by atoms with Crippen LogP contribution in [0.5, 0.6) is 0 Å². The summed E-state index contributed by atoms with van der Waals surface area (Å²) in [7, 11) is 0. The van der Waals surface area contributed by atoms with E-state index in [-0.39, 0.29) is 5.56 Å². The molecular formula is C11H10BrN3O3. The second-order valence-corrected chi connectivity index (χ2v) is 4.53. The molecule has 0 saturated heterocycles. The second kappa shape index (κ2) is 5.18. The van der Waals surface area contributed by atoms with Crippen LogP contribution in [-0.4, -0.2) is 21.2 Å². The van der Waals surface area contributed by atoms with Crippen LogP contribution < -0.4 is 5.32 Å². The molecule has 2 N–H and O–H groups in total. The predicted octanol–water partition coefficient (Wildman–Crippen LogP) is 2.45. The van der Waals surface area contributed by atoms with Gasteiger partial charge in [0.15, 0.2) is 5.82 Å². The molecule has 0 saturated carbocycles. The monoisotopic (exact) mass is 311 g/mol. The van der Waals surface area contributed by atoms with E-state index >= 15 is 0 Å². The number of nitrogens with one attached hydrogen (secondary N) is 1. The van der Waals surface area contributed by atoms with Gasteiger partial charge in [-0.25, -0.2) is 4.79 Å². The fourth-order valence-electron chi connectivity index (χ4n) is 1.41. The number of carbonyl (C=O) groups is 1. The number of aromatic nitrogens is 2. The molecule has 7 heteroatoms. The van der Waals surface area contributed by atoms with Crippen LogP contribution in [0.4, 0.5) is 5.69 Å². The lowest BCUT2D eigenvalue weighted by molar-refractivity contribution is 0.0697. The van der Waals surface area contributed by atoms with Gasteiger partial charge in [-0.15, -0.1) is 0 Å². The summed E-state index contributed by atoms with van der Waals surface area (Å²) in [6.07, 6.45) is 0.